The molecule has 7 heteroatoms. The Bertz CT molecular complexity index is 696. The SMILES string of the molecule is CC(C)CCNc1ncc(C(=O)N2CCN(c3ccccn3)CC2)cn1. The van der Waals surface area contributed by atoms with Crippen LogP contribution in [0.5, 0.6) is 0 Å². The molecule has 1 N–H and O–H groups in total. The number of aromatic nitrogens is 3. The molecule has 0 atom stereocenters. The average Bonchev–Trinajstić information content (AvgIpc) is 2.68. The Hall–Kier alpha value is -2.70. The van der Waals surface area contributed by atoms with Crippen LogP contribution in [0, 0.1) is 5.92 Å². The first-order valence-electron chi connectivity index (χ1n) is 9.14. The number of amides is 1. The van der Waals surface area contributed by atoms with Gasteiger partial charge in [0, 0.05) is 51.3 Å². The van der Waals surface area contributed by atoms with Crippen molar-refractivity contribution in [3.63, 3.8) is 0 Å². The smallest absolute Gasteiger partial charge is 0.257 e. The van der Waals surface area contributed by atoms with Crippen LogP contribution in [0.2, 0.25) is 0 Å². The second-order valence-electron chi connectivity index (χ2n) is 6.87. The lowest BCUT2D eigenvalue weighted by Crippen LogP contribution is -2.49. The van der Waals surface area contributed by atoms with Gasteiger partial charge in [0.15, 0.2) is 0 Å². The fourth-order valence-corrected chi connectivity index (χ4v) is 2.86. The third-order valence-electron chi connectivity index (χ3n) is 4.44. The number of carbonyl (C=O) groups is 1. The summed E-state index contributed by atoms with van der Waals surface area (Å²) >= 11 is 0. The zero-order valence-corrected chi connectivity index (χ0v) is 15.4. The van der Waals surface area contributed by atoms with Gasteiger partial charge in [0.25, 0.3) is 5.91 Å². The van der Waals surface area contributed by atoms with Crippen LogP contribution in [-0.4, -0.2) is 58.5 Å². The van der Waals surface area contributed by atoms with Crippen molar-refractivity contribution in [3.05, 3.63) is 42.4 Å². The summed E-state index contributed by atoms with van der Waals surface area (Å²) in [6.45, 7) is 8.08. The maximum absolute atomic E-state index is 12.6. The van der Waals surface area contributed by atoms with Gasteiger partial charge >= 0.3 is 0 Å². The van der Waals surface area contributed by atoms with Crippen molar-refractivity contribution in [2.75, 3.05) is 42.9 Å². The first-order valence-corrected chi connectivity index (χ1v) is 9.14. The second kappa shape index (κ2) is 8.60. The van der Waals surface area contributed by atoms with E-state index in [0.29, 0.717) is 30.5 Å². The molecule has 1 fully saturated rings. The largest absolute Gasteiger partial charge is 0.354 e. The predicted octanol–water partition coefficient (Wildman–Crippen LogP) is 2.29. The Morgan fingerprint density at radius 2 is 1.85 bits per heavy atom. The van der Waals surface area contributed by atoms with Crippen LogP contribution in [0.25, 0.3) is 0 Å². The molecule has 1 amide bonds. The number of hydrogen-bond donors (Lipinski definition) is 1. The van der Waals surface area contributed by atoms with Gasteiger partial charge in [0.05, 0.1) is 5.56 Å². The van der Waals surface area contributed by atoms with E-state index < -0.39 is 0 Å². The van der Waals surface area contributed by atoms with E-state index in [4.69, 9.17) is 0 Å². The zero-order chi connectivity index (χ0) is 18.4. The molecule has 2 aromatic heterocycles. The summed E-state index contributed by atoms with van der Waals surface area (Å²) in [5.41, 5.74) is 0.533. The molecule has 0 bridgehead atoms. The van der Waals surface area contributed by atoms with E-state index in [1.165, 1.54) is 0 Å². The molecule has 0 aromatic carbocycles. The third-order valence-corrected chi connectivity index (χ3v) is 4.44. The second-order valence-corrected chi connectivity index (χ2v) is 6.87. The topological polar surface area (TPSA) is 74.2 Å². The Morgan fingerprint density at radius 3 is 2.46 bits per heavy atom. The molecule has 1 saturated heterocycles. The fourth-order valence-electron chi connectivity index (χ4n) is 2.86. The number of piperazine rings is 1. The highest BCUT2D eigenvalue weighted by Crippen LogP contribution is 2.14. The minimum atomic E-state index is -0.0144. The van der Waals surface area contributed by atoms with Gasteiger partial charge in [-0.2, -0.15) is 0 Å². The van der Waals surface area contributed by atoms with Gasteiger partial charge in [-0.1, -0.05) is 19.9 Å². The quantitative estimate of drug-likeness (QED) is 0.858. The van der Waals surface area contributed by atoms with Crippen LogP contribution in [0.4, 0.5) is 11.8 Å². The molecule has 1 aliphatic heterocycles. The normalized spacial score (nSPS) is 14.6. The van der Waals surface area contributed by atoms with Gasteiger partial charge < -0.3 is 15.1 Å². The summed E-state index contributed by atoms with van der Waals surface area (Å²) in [6, 6.07) is 5.88. The molecule has 2 aromatic rings. The Balaban J connectivity index is 1.52. The highest BCUT2D eigenvalue weighted by atomic mass is 16.2. The molecule has 0 saturated carbocycles. The minimum absolute atomic E-state index is 0.0144. The predicted molar refractivity (Wildman–Crippen MR) is 102 cm³/mol. The van der Waals surface area contributed by atoms with Gasteiger partial charge in [0.2, 0.25) is 5.95 Å². The van der Waals surface area contributed by atoms with Crippen molar-refractivity contribution >= 4 is 17.7 Å². The first-order chi connectivity index (χ1) is 12.6. The summed E-state index contributed by atoms with van der Waals surface area (Å²) in [5.74, 6) is 2.15. The van der Waals surface area contributed by atoms with Crippen LogP contribution < -0.4 is 10.2 Å². The van der Waals surface area contributed by atoms with Crippen molar-refractivity contribution in [3.8, 4) is 0 Å². The molecule has 0 unspecified atom stereocenters. The fraction of sp³-hybridized carbons (Fsp3) is 0.474. The Morgan fingerprint density at radius 1 is 1.12 bits per heavy atom. The van der Waals surface area contributed by atoms with E-state index in [-0.39, 0.29) is 5.91 Å². The summed E-state index contributed by atoms with van der Waals surface area (Å²) < 4.78 is 0. The number of pyridine rings is 1. The standard InChI is InChI=1S/C19H26N6O/c1-15(2)6-8-21-19-22-13-16(14-23-19)18(26)25-11-9-24(10-12-25)17-5-3-4-7-20-17/h3-5,7,13-15H,6,8-12H2,1-2H3,(H,21,22,23). The van der Waals surface area contributed by atoms with Crippen molar-refractivity contribution in [1.29, 1.82) is 0 Å². The highest BCUT2D eigenvalue weighted by molar-refractivity contribution is 5.93. The van der Waals surface area contributed by atoms with Gasteiger partial charge in [-0.25, -0.2) is 15.0 Å². The zero-order valence-electron chi connectivity index (χ0n) is 15.4. The third kappa shape index (κ3) is 4.68. The lowest BCUT2D eigenvalue weighted by Gasteiger charge is -2.35. The first kappa shape index (κ1) is 18.1. The number of hydrogen-bond acceptors (Lipinski definition) is 6. The molecule has 26 heavy (non-hydrogen) atoms. The van der Waals surface area contributed by atoms with Gasteiger partial charge in [-0.05, 0) is 24.5 Å². The van der Waals surface area contributed by atoms with Crippen LogP contribution >= 0.6 is 0 Å². The number of anilines is 2. The average molecular weight is 354 g/mol. The van der Waals surface area contributed by atoms with E-state index in [1.807, 2.05) is 23.1 Å². The maximum Gasteiger partial charge on any atom is 0.257 e. The molecule has 3 heterocycles. The molecule has 1 aliphatic rings. The molecule has 0 aliphatic carbocycles. The van der Waals surface area contributed by atoms with Crippen LogP contribution in [0.1, 0.15) is 30.6 Å². The molecule has 0 radical (unpaired) electrons. The summed E-state index contributed by atoms with van der Waals surface area (Å²) in [6.07, 6.45) is 6.07. The van der Waals surface area contributed by atoms with Crippen molar-refractivity contribution in [2.45, 2.75) is 20.3 Å². The lowest BCUT2D eigenvalue weighted by atomic mass is 10.1. The molecule has 3 rings (SSSR count). The van der Waals surface area contributed by atoms with Gasteiger partial charge in [0.1, 0.15) is 5.82 Å². The van der Waals surface area contributed by atoms with Crippen molar-refractivity contribution < 1.29 is 4.79 Å². The van der Waals surface area contributed by atoms with Gasteiger partial charge in [-0.3, -0.25) is 4.79 Å². The van der Waals surface area contributed by atoms with E-state index in [9.17, 15) is 4.79 Å². The van der Waals surface area contributed by atoms with E-state index >= 15 is 0 Å². The number of nitrogens with zero attached hydrogens (tertiary/aromatic N) is 5. The summed E-state index contributed by atoms with van der Waals surface area (Å²) in [7, 11) is 0. The van der Waals surface area contributed by atoms with E-state index in [2.05, 4.69) is 39.0 Å². The van der Waals surface area contributed by atoms with Crippen LogP contribution in [-0.2, 0) is 0 Å². The van der Waals surface area contributed by atoms with Crippen LogP contribution in [0.3, 0.4) is 0 Å². The number of nitrogens with one attached hydrogen (secondary N) is 1. The molecular weight excluding hydrogens is 328 g/mol. The van der Waals surface area contributed by atoms with Gasteiger partial charge in [-0.15, -0.1) is 0 Å². The van der Waals surface area contributed by atoms with E-state index in [0.717, 1.165) is 31.9 Å². The van der Waals surface area contributed by atoms with Crippen LogP contribution in [0.15, 0.2) is 36.8 Å². The number of carbonyl (C=O) groups excluding carboxylic acids is 1. The Labute approximate surface area is 154 Å². The molecule has 0 spiro atoms. The lowest BCUT2D eigenvalue weighted by molar-refractivity contribution is 0.0745. The highest BCUT2D eigenvalue weighted by Gasteiger charge is 2.23. The maximum atomic E-state index is 12.6. The molecular formula is C19H26N6O. The number of rotatable bonds is 6. The van der Waals surface area contributed by atoms with Crippen molar-refractivity contribution in [1.82, 2.24) is 19.9 Å². The minimum Gasteiger partial charge on any atom is -0.354 e. The Kier molecular flexibility index (Phi) is 5.99. The molecule has 138 valence electrons. The van der Waals surface area contributed by atoms with Crippen molar-refractivity contribution in [2.24, 2.45) is 5.92 Å². The molecule has 7 nitrogen and oxygen atoms in total. The summed E-state index contributed by atoms with van der Waals surface area (Å²) in [4.78, 5) is 29.6. The monoisotopic (exact) mass is 354 g/mol. The summed E-state index contributed by atoms with van der Waals surface area (Å²) in [5, 5.41) is 3.18. The van der Waals surface area contributed by atoms with E-state index in [1.54, 1.807) is 18.6 Å².